The average Bonchev–Trinajstić information content (AvgIpc) is 2.79. The fraction of sp³-hybridized carbons (Fsp3) is 0.250. The summed E-state index contributed by atoms with van der Waals surface area (Å²) in [4.78, 5) is 25.9. The number of ketones is 1. The second-order valence-corrected chi connectivity index (χ2v) is 8.75. The molecule has 2 heterocycles. The Morgan fingerprint density at radius 1 is 1.10 bits per heavy atom. The zero-order chi connectivity index (χ0) is 21.7. The lowest BCUT2D eigenvalue weighted by molar-refractivity contribution is 0.0987. The van der Waals surface area contributed by atoms with Gasteiger partial charge in [0.05, 0.1) is 17.9 Å². The van der Waals surface area contributed by atoms with E-state index >= 15 is 0 Å². The van der Waals surface area contributed by atoms with Gasteiger partial charge in [0.25, 0.3) is 0 Å². The van der Waals surface area contributed by atoms with Crippen molar-refractivity contribution in [1.29, 1.82) is 0 Å². The molecule has 158 valence electrons. The number of nitrogens with two attached hydrogens (primary N) is 1. The Morgan fingerprint density at radius 3 is 2.65 bits per heavy atom. The summed E-state index contributed by atoms with van der Waals surface area (Å²) in [5.41, 5.74) is 8.93. The zero-order valence-corrected chi connectivity index (χ0v) is 18.1. The van der Waals surface area contributed by atoms with Crippen molar-refractivity contribution in [3.63, 3.8) is 0 Å². The molecule has 1 atom stereocenters. The van der Waals surface area contributed by atoms with Crippen LogP contribution in [0.15, 0.2) is 72.0 Å². The highest BCUT2D eigenvalue weighted by molar-refractivity contribution is 8.13. The van der Waals surface area contributed by atoms with E-state index in [2.05, 4.69) is 21.9 Å². The molecule has 3 aromatic rings. The summed E-state index contributed by atoms with van der Waals surface area (Å²) in [6, 6.07) is 17.8. The number of carbonyl (C=O) groups excluding carboxylic acids is 1. The third kappa shape index (κ3) is 5.30. The van der Waals surface area contributed by atoms with Gasteiger partial charge in [-0.2, -0.15) is 0 Å². The number of carbonyl (C=O) groups is 1. The molecule has 4 rings (SSSR count). The first-order chi connectivity index (χ1) is 15.0. The molecule has 0 bridgehead atoms. The smallest absolute Gasteiger partial charge is 0.232 e. The molecule has 1 aliphatic rings. The molecule has 2 N–H and O–H groups in total. The summed E-state index contributed by atoms with van der Waals surface area (Å²) in [6.45, 7) is 2.49. The van der Waals surface area contributed by atoms with E-state index in [1.54, 1.807) is 11.8 Å². The molecule has 0 saturated heterocycles. The van der Waals surface area contributed by atoms with Gasteiger partial charge in [0.1, 0.15) is 12.3 Å². The molecule has 31 heavy (non-hydrogen) atoms. The van der Waals surface area contributed by atoms with E-state index in [0.717, 1.165) is 28.9 Å². The number of thioether (sulfide) groups is 1. The van der Waals surface area contributed by atoms with Crippen LogP contribution in [0.5, 0.6) is 5.88 Å². The van der Waals surface area contributed by atoms with Gasteiger partial charge in [-0.3, -0.25) is 9.79 Å². The molecule has 0 fully saturated rings. The Kier molecular flexibility index (Phi) is 6.32. The van der Waals surface area contributed by atoms with E-state index in [0.29, 0.717) is 23.3 Å². The predicted octanol–water partition coefficient (Wildman–Crippen LogP) is 4.15. The first-order valence-electron chi connectivity index (χ1n) is 10.1. The normalized spacial score (nSPS) is 18.3. The van der Waals surface area contributed by atoms with E-state index in [9.17, 15) is 4.79 Å². The van der Waals surface area contributed by atoms with E-state index in [1.165, 1.54) is 12.4 Å². The first kappa shape index (κ1) is 21.1. The van der Waals surface area contributed by atoms with Crippen molar-refractivity contribution in [2.75, 3.05) is 5.75 Å². The van der Waals surface area contributed by atoms with Crippen molar-refractivity contribution in [2.45, 2.75) is 31.9 Å². The Labute approximate surface area is 186 Å². The summed E-state index contributed by atoms with van der Waals surface area (Å²) in [5.74, 6) is 1.23. The maximum Gasteiger partial charge on any atom is 0.232 e. The molecule has 2 aromatic carbocycles. The van der Waals surface area contributed by atoms with Crippen LogP contribution in [0, 0.1) is 0 Å². The number of aromatic nitrogens is 2. The van der Waals surface area contributed by atoms with Gasteiger partial charge in [-0.25, -0.2) is 9.97 Å². The molecule has 0 radical (unpaired) electrons. The van der Waals surface area contributed by atoms with E-state index in [4.69, 9.17) is 10.5 Å². The zero-order valence-electron chi connectivity index (χ0n) is 17.3. The quantitative estimate of drug-likeness (QED) is 0.564. The topological polar surface area (TPSA) is 90.5 Å². The molecule has 0 unspecified atom stereocenters. The van der Waals surface area contributed by atoms with Gasteiger partial charge in [0.2, 0.25) is 5.88 Å². The Bertz CT molecular complexity index is 1090. The van der Waals surface area contributed by atoms with Gasteiger partial charge >= 0.3 is 0 Å². The number of benzene rings is 2. The minimum absolute atomic E-state index is 0.0911. The highest BCUT2D eigenvalue weighted by atomic mass is 32.2. The van der Waals surface area contributed by atoms with Crippen molar-refractivity contribution in [2.24, 2.45) is 10.7 Å². The minimum Gasteiger partial charge on any atom is -0.472 e. The van der Waals surface area contributed by atoms with Crippen LogP contribution in [-0.2, 0) is 18.6 Å². The van der Waals surface area contributed by atoms with Crippen LogP contribution in [0.1, 0.15) is 40.5 Å². The molecule has 0 spiro atoms. The summed E-state index contributed by atoms with van der Waals surface area (Å²) >= 11 is 1.58. The number of hydrogen-bond acceptors (Lipinski definition) is 7. The molecule has 0 aliphatic carbocycles. The highest BCUT2D eigenvalue weighted by Gasteiger charge is 2.29. The standard InChI is InChI=1S/C24H24N4O2S/c1-24(10-11-31-23(25)28-24)19-9-5-8-18(12-19)13-21(29)20-14-27-22(15-26-20)30-16-17-6-3-2-4-7-17/h2-9,12,14-15H,10-11,13,16H2,1H3,(H2,25,28)/t24-/m0/s1. The largest absolute Gasteiger partial charge is 0.472 e. The van der Waals surface area contributed by atoms with Crippen molar-refractivity contribution in [3.05, 3.63) is 89.4 Å². The van der Waals surface area contributed by atoms with Gasteiger partial charge in [0.15, 0.2) is 11.0 Å². The number of rotatable bonds is 7. The van der Waals surface area contributed by atoms with Crippen LogP contribution in [-0.4, -0.2) is 26.7 Å². The fourth-order valence-corrected chi connectivity index (χ4v) is 4.43. The van der Waals surface area contributed by atoms with Gasteiger partial charge in [-0.1, -0.05) is 66.4 Å². The lowest BCUT2D eigenvalue weighted by atomic mass is 9.88. The number of aliphatic imine (C=N–C) groups is 1. The van der Waals surface area contributed by atoms with Gasteiger partial charge in [-0.15, -0.1) is 0 Å². The van der Waals surface area contributed by atoms with E-state index in [1.807, 2.05) is 54.6 Å². The van der Waals surface area contributed by atoms with Crippen molar-refractivity contribution in [1.82, 2.24) is 9.97 Å². The van der Waals surface area contributed by atoms with Crippen LogP contribution in [0.25, 0.3) is 0 Å². The molecule has 6 nitrogen and oxygen atoms in total. The molecule has 7 heteroatoms. The summed E-state index contributed by atoms with van der Waals surface area (Å²) < 4.78 is 5.64. The lowest BCUT2D eigenvalue weighted by Gasteiger charge is -2.30. The van der Waals surface area contributed by atoms with Crippen LogP contribution in [0.3, 0.4) is 0 Å². The monoisotopic (exact) mass is 432 g/mol. The molecule has 1 aromatic heterocycles. The van der Waals surface area contributed by atoms with E-state index in [-0.39, 0.29) is 17.7 Å². The van der Waals surface area contributed by atoms with Gasteiger partial charge in [-0.05, 0) is 30.0 Å². The Balaban J connectivity index is 1.41. The fourth-order valence-electron chi connectivity index (χ4n) is 3.45. The average molecular weight is 433 g/mol. The van der Waals surface area contributed by atoms with E-state index < -0.39 is 0 Å². The Morgan fingerprint density at radius 2 is 1.90 bits per heavy atom. The minimum atomic E-state index is -0.355. The molecule has 0 saturated carbocycles. The van der Waals surface area contributed by atoms with Crippen molar-refractivity contribution < 1.29 is 9.53 Å². The second-order valence-electron chi connectivity index (χ2n) is 7.64. The van der Waals surface area contributed by atoms with Crippen molar-refractivity contribution in [3.8, 4) is 5.88 Å². The lowest BCUT2D eigenvalue weighted by Crippen LogP contribution is -2.28. The van der Waals surface area contributed by atoms with Gasteiger partial charge in [0, 0.05) is 12.2 Å². The molecular weight excluding hydrogens is 408 g/mol. The maximum atomic E-state index is 12.7. The predicted molar refractivity (Wildman–Crippen MR) is 123 cm³/mol. The second kappa shape index (κ2) is 9.31. The number of Topliss-reactive ketones (excluding diaryl/α,β-unsaturated/α-hetero) is 1. The van der Waals surface area contributed by atoms with Crippen LogP contribution in [0.2, 0.25) is 0 Å². The first-order valence-corrected chi connectivity index (χ1v) is 11.1. The molecule has 1 aliphatic heterocycles. The SMILES string of the molecule is C[C@@]1(c2cccc(CC(=O)c3cnc(OCc4ccccc4)cn3)c2)CCSC(N)=N1. The van der Waals surface area contributed by atoms with Crippen LogP contribution < -0.4 is 10.5 Å². The van der Waals surface area contributed by atoms with Gasteiger partial charge < -0.3 is 10.5 Å². The number of nitrogens with zero attached hydrogens (tertiary/aromatic N) is 3. The number of ether oxygens (including phenoxy) is 1. The van der Waals surface area contributed by atoms with Crippen molar-refractivity contribution >= 4 is 22.7 Å². The number of amidine groups is 1. The summed E-state index contributed by atoms with van der Waals surface area (Å²) in [7, 11) is 0. The maximum absolute atomic E-state index is 12.7. The Hall–Kier alpha value is -3.19. The van der Waals surface area contributed by atoms with Crippen LogP contribution >= 0.6 is 11.8 Å². The number of hydrogen-bond donors (Lipinski definition) is 1. The highest BCUT2D eigenvalue weighted by Crippen LogP contribution is 2.35. The summed E-state index contributed by atoms with van der Waals surface area (Å²) in [6.07, 6.45) is 4.12. The van der Waals surface area contributed by atoms with Crippen LogP contribution in [0.4, 0.5) is 0 Å². The molecule has 0 amide bonds. The third-order valence-electron chi connectivity index (χ3n) is 5.25. The third-order valence-corrected chi connectivity index (χ3v) is 6.05. The summed E-state index contributed by atoms with van der Waals surface area (Å²) in [5, 5.41) is 0.611. The molecular formula is C24H24N4O2S.